The van der Waals surface area contributed by atoms with Gasteiger partial charge in [-0.3, -0.25) is 13.9 Å². The minimum Gasteiger partial charge on any atom is -0.299 e. The van der Waals surface area contributed by atoms with E-state index in [1.807, 2.05) is 6.92 Å². The van der Waals surface area contributed by atoms with Gasteiger partial charge in [-0.25, -0.2) is 4.79 Å². The maximum Gasteiger partial charge on any atom is 0.328 e. The lowest BCUT2D eigenvalue weighted by molar-refractivity contribution is 0.0970. The number of ketones is 1. The van der Waals surface area contributed by atoms with Gasteiger partial charge in [-0.15, -0.1) is 0 Å². The van der Waals surface area contributed by atoms with Crippen molar-refractivity contribution in [1.29, 1.82) is 0 Å². The molecule has 0 N–H and O–H groups in total. The molecule has 0 aliphatic carbocycles. The molecule has 1 heterocycles. The van der Waals surface area contributed by atoms with Gasteiger partial charge in [0.15, 0.2) is 5.78 Å². The fourth-order valence-corrected chi connectivity index (χ4v) is 2.20. The monoisotopic (exact) mass is 312 g/mol. The van der Waals surface area contributed by atoms with E-state index in [4.69, 9.17) is 23.2 Å². The number of carbonyl (C=O) groups is 1. The van der Waals surface area contributed by atoms with E-state index in [1.54, 1.807) is 29.1 Å². The van der Waals surface area contributed by atoms with Crippen LogP contribution in [0.15, 0.2) is 35.4 Å². The largest absolute Gasteiger partial charge is 0.328 e. The molecule has 0 fully saturated rings. The molecule has 106 valence electrons. The molecule has 0 amide bonds. The number of halogens is 2. The van der Waals surface area contributed by atoms with Gasteiger partial charge in [0.2, 0.25) is 0 Å². The van der Waals surface area contributed by atoms with Crippen molar-refractivity contribution in [2.75, 3.05) is 0 Å². The van der Waals surface area contributed by atoms with Crippen LogP contribution in [-0.2, 0) is 13.1 Å². The van der Waals surface area contributed by atoms with E-state index in [-0.39, 0.29) is 18.0 Å². The molecule has 0 aliphatic rings. The number of rotatable bonds is 5. The summed E-state index contributed by atoms with van der Waals surface area (Å²) in [6.07, 6.45) is 4.17. The Balaban J connectivity index is 2.19. The summed E-state index contributed by atoms with van der Waals surface area (Å²) in [5, 5.41) is 0.725. The third-order valence-corrected chi connectivity index (χ3v) is 3.68. The van der Waals surface area contributed by atoms with Gasteiger partial charge < -0.3 is 0 Å². The van der Waals surface area contributed by atoms with Crippen molar-refractivity contribution in [3.63, 3.8) is 0 Å². The quantitative estimate of drug-likeness (QED) is 0.795. The van der Waals surface area contributed by atoms with E-state index in [9.17, 15) is 9.59 Å². The molecule has 20 heavy (non-hydrogen) atoms. The van der Waals surface area contributed by atoms with Crippen molar-refractivity contribution >= 4 is 29.0 Å². The average Bonchev–Trinajstić information content (AvgIpc) is 2.75. The van der Waals surface area contributed by atoms with Gasteiger partial charge in [0.1, 0.15) is 0 Å². The molecule has 0 unspecified atom stereocenters. The minimum absolute atomic E-state index is 0.00644. The predicted molar refractivity (Wildman–Crippen MR) is 79.8 cm³/mol. The van der Waals surface area contributed by atoms with Crippen LogP contribution in [0.5, 0.6) is 0 Å². The highest BCUT2D eigenvalue weighted by molar-refractivity contribution is 6.42. The first-order valence-corrected chi connectivity index (χ1v) is 7.02. The van der Waals surface area contributed by atoms with Gasteiger partial charge in [0, 0.05) is 24.5 Å². The maximum atomic E-state index is 12.1. The zero-order chi connectivity index (χ0) is 14.7. The van der Waals surface area contributed by atoms with E-state index < -0.39 is 0 Å². The van der Waals surface area contributed by atoms with Crippen LogP contribution < -0.4 is 5.69 Å². The number of imidazole rings is 1. The summed E-state index contributed by atoms with van der Waals surface area (Å²) >= 11 is 11.7. The van der Waals surface area contributed by atoms with Crippen LogP contribution in [0.25, 0.3) is 0 Å². The fraction of sp³-hybridized carbons (Fsp3) is 0.286. The van der Waals surface area contributed by atoms with Crippen LogP contribution in [-0.4, -0.2) is 14.9 Å². The Morgan fingerprint density at radius 2 is 1.85 bits per heavy atom. The van der Waals surface area contributed by atoms with E-state index in [1.165, 1.54) is 10.6 Å². The molecule has 1 aromatic heterocycles. The molecule has 0 saturated heterocycles. The van der Waals surface area contributed by atoms with Gasteiger partial charge >= 0.3 is 5.69 Å². The van der Waals surface area contributed by atoms with Gasteiger partial charge in [-0.05, 0) is 24.6 Å². The molecular formula is C14H14Cl2N2O2. The summed E-state index contributed by atoms with van der Waals surface area (Å²) < 4.78 is 2.97. The molecule has 0 radical (unpaired) electrons. The highest BCUT2D eigenvalue weighted by Crippen LogP contribution is 2.22. The fourth-order valence-electron chi connectivity index (χ4n) is 1.90. The summed E-state index contributed by atoms with van der Waals surface area (Å²) in [4.78, 5) is 24.1. The van der Waals surface area contributed by atoms with Crippen molar-refractivity contribution in [3.05, 3.63) is 56.7 Å². The number of benzene rings is 1. The molecule has 0 spiro atoms. The lowest BCUT2D eigenvalue weighted by Gasteiger charge is -2.03. The molecule has 2 aromatic rings. The van der Waals surface area contributed by atoms with Gasteiger partial charge in [-0.1, -0.05) is 30.1 Å². The molecule has 6 heteroatoms. The Kier molecular flexibility index (Phi) is 4.68. The van der Waals surface area contributed by atoms with Crippen LogP contribution in [0, 0.1) is 0 Å². The first-order valence-electron chi connectivity index (χ1n) is 6.26. The molecule has 0 saturated carbocycles. The van der Waals surface area contributed by atoms with Gasteiger partial charge in [0.05, 0.1) is 16.6 Å². The summed E-state index contributed by atoms with van der Waals surface area (Å²) in [5.41, 5.74) is 0.259. The normalized spacial score (nSPS) is 10.8. The van der Waals surface area contributed by atoms with Crippen molar-refractivity contribution in [1.82, 2.24) is 9.13 Å². The molecular weight excluding hydrogens is 299 g/mol. The van der Waals surface area contributed by atoms with E-state index in [0.29, 0.717) is 22.2 Å². The lowest BCUT2D eigenvalue weighted by Crippen LogP contribution is -2.26. The molecule has 4 nitrogen and oxygen atoms in total. The lowest BCUT2D eigenvalue weighted by atomic mass is 10.1. The second kappa shape index (κ2) is 6.29. The molecule has 2 rings (SSSR count). The van der Waals surface area contributed by atoms with Crippen molar-refractivity contribution in [3.8, 4) is 0 Å². The maximum absolute atomic E-state index is 12.1. The number of carbonyl (C=O) groups excluding carboxylic acids is 1. The zero-order valence-electron chi connectivity index (χ0n) is 11.0. The van der Waals surface area contributed by atoms with Crippen molar-refractivity contribution < 1.29 is 4.79 Å². The Bertz CT molecular complexity index is 689. The molecule has 0 aliphatic heterocycles. The highest BCUT2D eigenvalue weighted by atomic mass is 35.5. The van der Waals surface area contributed by atoms with Gasteiger partial charge in [-0.2, -0.15) is 0 Å². The Morgan fingerprint density at radius 3 is 2.50 bits per heavy atom. The topological polar surface area (TPSA) is 44.0 Å². The van der Waals surface area contributed by atoms with Gasteiger partial charge in [0.25, 0.3) is 0 Å². The molecule has 0 bridgehead atoms. The first-order chi connectivity index (χ1) is 9.52. The average molecular weight is 313 g/mol. The number of hydrogen-bond acceptors (Lipinski definition) is 2. The van der Waals surface area contributed by atoms with Crippen molar-refractivity contribution in [2.45, 2.75) is 26.4 Å². The van der Waals surface area contributed by atoms with Crippen LogP contribution in [0.1, 0.15) is 23.7 Å². The van der Waals surface area contributed by atoms with E-state index >= 15 is 0 Å². The Hall–Kier alpha value is -1.52. The smallest absolute Gasteiger partial charge is 0.299 e. The zero-order valence-corrected chi connectivity index (χ0v) is 12.5. The number of nitrogens with zero attached hydrogens (tertiary/aromatic N) is 2. The second-order valence-electron chi connectivity index (χ2n) is 4.45. The third-order valence-electron chi connectivity index (χ3n) is 2.94. The summed E-state index contributed by atoms with van der Waals surface area (Å²) in [5.74, 6) is -0.181. The number of aryl methyl sites for hydroxylation is 1. The number of hydrogen-bond donors (Lipinski definition) is 0. The molecule has 0 atom stereocenters. The van der Waals surface area contributed by atoms with Crippen LogP contribution in [0.2, 0.25) is 10.0 Å². The van der Waals surface area contributed by atoms with E-state index in [2.05, 4.69) is 0 Å². The number of Topliss-reactive ketones (excluding diaryl/α,β-unsaturated/α-hetero) is 1. The summed E-state index contributed by atoms with van der Waals surface area (Å²) in [6.45, 7) is 2.63. The number of aromatic nitrogens is 2. The van der Waals surface area contributed by atoms with Crippen molar-refractivity contribution in [2.24, 2.45) is 0 Å². The van der Waals surface area contributed by atoms with E-state index in [0.717, 1.165) is 6.42 Å². The minimum atomic E-state index is -0.181. The van der Waals surface area contributed by atoms with Crippen LogP contribution >= 0.6 is 23.2 Å². The Labute approximate surface area is 126 Å². The SMILES string of the molecule is CCCn1ccn(CC(=O)c2ccc(Cl)c(Cl)c2)c1=O. The third kappa shape index (κ3) is 3.14. The molecule has 1 aromatic carbocycles. The predicted octanol–water partition coefficient (Wildman–Crippen LogP) is 3.25. The Morgan fingerprint density at radius 1 is 1.15 bits per heavy atom. The first kappa shape index (κ1) is 14.9. The second-order valence-corrected chi connectivity index (χ2v) is 5.27. The summed E-state index contributed by atoms with van der Waals surface area (Å²) in [6, 6.07) is 4.69. The standard InChI is InChI=1S/C14H14Cl2N2O2/c1-2-5-17-6-7-18(14(17)20)9-13(19)10-3-4-11(15)12(16)8-10/h3-4,6-8H,2,5,9H2,1H3. The van der Waals surface area contributed by atoms with Crippen LogP contribution in [0.3, 0.4) is 0 Å². The van der Waals surface area contributed by atoms with Crippen LogP contribution in [0.4, 0.5) is 0 Å². The highest BCUT2D eigenvalue weighted by Gasteiger charge is 2.11. The summed E-state index contributed by atoms with van der Waals surface area (Å²) in [7, 11) is 0.